The second kappa shape index (κ2) is 8.83. The summed E-state index contributed by atoms with van der Waals surface area (Å²) in [6, 6.07) is 5.30. The van der Waals surface area contributed by atoms with Crippen molar-refractivity contribution in [2.75, 3.05) is 16.8 Å². The van der Waals surface area contributed by atoms with Crippen LogP contribution in [0.4, 0.5) is 15.6 Å². The first-order valence-electron chi connectivity index (χ1n) is 10.1. The molecule has 0 radical (unpaired) electrons. The molecule has 2 heterocycles. The Morgan fingerprint density at radius 1 is 1.29 bits per heavy atom. The van der Waals surface area contributed by atoms with E-state index in [-0.39, 0.29) is 6.03 Å². The average Bonchev–Trinajstić information content (AvgIpc) is 3.47. The number of benzene rings is 1. The van der Waals surface area contributed by atoms with Gasteiger partial charge in [-0.25, -0.2) is 9.78 Å². The zero-order valence-electron chi connectivity index (χ0n) is 17.3. The predicted octanol–water partition coefficient (Wildman–Crippen LogP) is 4.60. The number of urea groups is 1. The van der Waals surface area contributed by atoms with E-state index in [2.05, 4.69) is 25.7 Å². The number of aromatic amines is 1. The van der Waals surface area contributed by atoms with Gasteiger partial charge in [0.25, 0.3) is 0 Å². The molecule has 1 aliphatic carbocycles. The number of thiazole rings is 1. The number of aromatic nitrogens is 4. The van der Waals surface area contributed by atoms with Crippen molar-refractivity contribution >= 4 is 57.0 Å². The van der Waals surface area contributed by atoms with Crippen molar-refractivity contribution in [3.63, 3.8) is 0 Å². The van der Waals surface area contributed by atoms with Gasteiger partial charge in [-0.05, 0) is 50.8 Å². The molecule has 2 aromatic heterocycles. The van der Waals surface area contributed by atoms with Crippen LogP contribution in [0.15, 0.2) is 28.6 Å². The van der Waals surface area contributed by atoms with Crippen LogP contribution in [0.2, 0.25) is 0 Å². The highest BCUT2D eigenvalue weighted by atomic mass is 32.2. The maximum Gasteiger partial charge on any atom is 0.328 e. The molecule has 4 rings (SSSR count). The zero-order valence-corrected chi connectivity index (χ0v) is 18.9. The van der Waals surface area contributed by atoms with E-state index < -0.39 is 10.7 Å². The molecular weight excluding hydrogens is 436 g/mol. The summed E-state index contributed by atoms with van der Waals surface area (Å²) >= 11 is 2.48. The quantitative estimate of drug-likeness (QED) is 0.440. The molecule has 3 N–H and O–H groups in total. The number of amides is 2. The van der Waals surface area contributed by atoms with Crippen molar-refractivity contribution in [3.8, 4) is 0 Å². The molecule has 1 aromatic carbocycles. The second-order valence-corrected chi connectivity index (χ2v) is 11.0. The Kier molecular flexibility index (Phi) is 6.15. The van der Waals surface area contributed by atoms with Gasteiger partial charge in [-0.1, -0.05) is 35.9 Å². The molecule has 1 saturated carbocycles. The first-order chi connectivity index (χ1) is 14.8. The van der Waals surface area contributed by atoms with E-state index in [1.165, 1.54) is 35.9 Å². The number of rotatable bonds is 7. The van der Waals surface area contributed by atoms with Gasteiger partial charge in [-0.3, -0.25) is 15.0 Å². The molecule has 0 atom stereocenters. The summed E-state index contributed by atoms with van der Waals surface area (Å²) in [5.74, 6) is -0.444. The Bertz CT molecular complexity index is 1090. The highest BCUT2D eigenvalue weighted by Gasteiger charge is 2.30. The number of thioether (sulfide) groups is 1. The molecule has 3 aromatic rings. The maximum atomic E-state index is 13.2. The molecule has 2 amide bonds. The Balaban J connectivity index is 1.52. The van der Waals surface area contributed by atoms with Gasteiger partial charge < -0.3 is 5.11 Å². The van der Waals surface area contributed by atoms with Crippen molar-refractivity contribution in [3.05, 3.63) is 24.4 Å². The lowest BCUT2D eigenvalue weighted by molar-refractivity contribution is -0.138. The molecule has 0 spiro atoms. The number of carboxylic acids is 1. The molecule has 31 heavy (non-hydrogen) atoms. The smallest absolute Gasteiger partial charge is 0.328 e. The van der Waals surface area contributed by atoms with Gasteiger partial charge in [0.15, 0.2) is 5.13 Å². The fourth-order valence-electron chi connectivity index (χ4n) is 3.57. The topological polar surface area (TPSA) is 124 Å². The molecule has 1 aliphatic rings. The lowest BCUT2D eigenvalue weighted by atomic mass is 10.1. The number of fused-ring (bicyclic) bond motifs is 1. The van der Waals surface area contributed by atoms with Crippen LogP contribution in [0.3, 0.4) is 0 Å². The minimum atomic E-state index is -0.977. The first-order valence-corrected chi connectivity index (χ1v) is 11.7. The summed E-state index contributed by atoms with van der Waals surface area (Å²) in [4.78, 5) is 30.6. The largest absolute Gasteiger partial charge is 0.480 e. The lowest BCUT2D eigenvalue weighted by Gasteiger charge is -2.25. The fourth-order valence-corrected chi connectivity index (χ4v) is 5.84. The van der Waals surface area contributed by atoms with E-state index in [1.54, 1.807) is 24.9 Å². The van der Waals surface area contributed by atoms with Crippen molar-refractivity contribution in [1.29, 1.82) is 0 Å². The third kappa shape index (κ3) is 4.99. The summed E-state index contributed by atoms with van der Waals surface area (Å²) in [5.41, 5.74) is 2.20. The van der Waals surface area contributed by atoms with E-state index >= 15 is 0 Å². The van der Waals surface area contributed by atoms with Gasteiger partial charge in [-0.15, -0.1) is 0 Å². The normalized spacial score (nSPS) is 14.8. The van der Waals surface area contributed by atoms with Crippen LogP contribution in [0.1, 0.15) is 39.5 Å². The molecule has 0 aliphatic heterocycles. The molecule has 11 heteroatoms. The minimum Gasteiger partial charge on any atom is -0.480 e. The van der Waals surface area contributed by atoms with Crippen LogP contribution in [-0.2, 0) is 4.79 Å². The molecule has 0 bridgehead atoms. The van der Waals surface area contributed by atoms with Crippen LogP contribution in [0, 0.1) is 5.92 Å². The zero-order chi connectivity index (χ0) is 22.0. The van der Waals surface area contributed by atoms with E-state index in [0.29, 0.717) is 23.1 Å². The van der Waals surface area contributed by atoms with Crippen LogP contribution in [-0.4, -0.2) is 48.8 Å². The molecule has 1 fully saturated rings. The van der Waals surface area contributed by atoms with Crippen LogP contribution in [0.5, 0.6) is 0 Å². The molecule has 9 nitrogen and oxygen atoms in total. The molecule has 0 unspecified atom stereocenters. The highest BCUT2D eigenvalue weighted by molar-refractivity contribution is 8.03. The third-order valence-corrected chi connectivity index (χ3v) is 7.54. The Labute approximate surface area is 187 Å². The van der Waals surface area contributed by atoms with Gasteiger partial charge in [0.05, 0.1) is 10.4 Å². The van der Waals surface area contributed by atoms with Crippen LogP contribution >= 0.6 is 23.1 Å². The van der Waals surface area contributed by atoms with Gasteiger partial charge in [0.2, 0.25) is 0 Å². The number of hydrogen-bond donors (Lipinski definition) is 3. The van der Waals surface area contributed by atoms with E-state index in [4.69, 9.17) is 0 Å². The fraction of sp³-hybridized carbons (Fsp3) is 0.450. The Morgan fingerprint density at radius 3 is 2.77 bits per heavy atom. The summed E-state index contributed by atoms with van der Waals surface area (Å²) < 4.78 is -0.246. The SMILES string of the molecule is CC(C)(Sc1cnc(NC(=O)N(CC2CCCC2)c2ccc3n[nH]nc3c2)s1)C(=O)O. The minimum absolute atomic E-state index is 0.266. The molecular formula is C20H24N6O3S2. The average molecular weight is 461 g/mol. The number of carboxylic acid groups (broad SMARTS) is 1. The summed E-state index contributed by atoms with van der Waals surface area (Å²) in [5, 5.41) is 23.5. The number of carbonyl (C=O) groups is 2. The number of aliphatic carboxylic acids is 1. The summed E-state index contributed by atoms with van der Waals surface area (Å²) in [6.07, 6.45) is 6.19. The van der Waals surface area contributed by atoms with Gasteiger partial charge >= 0.3 is 12.0 Å². The van der Waals surface area contributed by atoms with E-state index in [1.807, 2.05) is 18.2 Å². The standard InChI is InChI=1S/C20H24N6O3S2/c1-20(2,17(27)28)31-16-10-21-18(30-16)22-19(29)26(11-12-5-3-4-6-12)13-7-8-14-15(9-13)24-25-23-14/h7-10,12H,3-6,11H2,1-2H3,(H,27,28)(H,21,22,29)(H,23,24,25). The van der Waals surface area contributed by atoms with Gasteiger partial charge in [-0.2, -0.15) is 15.4 Å². The van der Waals surface area contributed by atoms with Crippen LogP contribution < -0.4 is 10.2 Å². The number of carbonyl (C=O) groups excluding carboxylic acids is 1. The molecule has 0 saturated heterocycles. The van der Waals surface area contributed by atoms with Crippen molar-refractivity contribution in [1.82, 2.24) is 20.4 Å². The van der Waals surface area contributed by atoms with Crippen molar-refractivity contribution in [2.24, 2.45) is 5.92 Å². The summed E-state index contributed by atoms with van der Waals surface area (Å²) in [7, 11) is 0. The van der Waals surface area contributed by atoms with Crippen molar-refractivity contribution < 1.29 is 14.7 Å². The van der Waals surface area contributed by atoms with Crippen molar-refractivity contribution in [2.45, 2.75) is 48.5 Å². The van der Waals surface area contributed by atoms with Gasteiger partial charge in [0.1, 0.15) is 15.8 Å². The van der Waals surface area contributed by atoms with Gasteiger partial charge in [0, 0.05) is 12.2 Å². The number of H-pyrrole nitrogens is 1. The number of anilines is 2. The summed E-state index contributed by atoms with van der Waals surface area (Å²) in [6.45, 7) is 3.90. The highest BCUT2D eigenvalue weighted by Crippen LogP contribution is 2.37. The Morgan fingerprint density at radius 2 is 2.03 bits per heavy atom. The maximum absolute atomic E-state index is 13.2. The van der Waals surface area contributed by atoms with E-state index in [9.17, 15) is 14.7 Å². The predicted molar refractivity (Wildman–Crippen MR) is 122 cm³/mol. The number of nitrogens with zero attached hydrogens (tertiary/aromatic N) is 4. The first kappa shape index (κ1) is 21.6. The lowest BCUT2D eigenvalue weighted by Crippen LogP contribution is -2.38. The number of nitrogens with one attached hydrogen (secondary N) is 2. The van der Waals surface area contributed by atoms with Crippen LogP contribution in [0.25, 0.3) is 11.0 Å². The third-order valence-electron chi connectivity index (χ3n) is 5.34. The Hall–Kier alpha value is -2.66. The van der Waals surface area contributed by atoms with E-state index in [0.717, 1.165) is 28.3 Å². The number of hydrogen-bond acceptors (Lipinski definition) is 7. The second-order valence-electron chi connectivity index (χ2n) is 8.09. The molecule has 164 valence electrons. The monoisotopic (exact) mass is 460 g/mol.